The van der Waals surface area contributed by atoms with E-state index in [2.05, 4.69) is 15.5 Å². The standard InChI is InChI=1S/C14H15N3O3S/c1-3-11-16-17-14(21-11)15-13(18)12-8(2)19-9-6-4-5-7-10(9)20-12/h4-8,12H,3H2,1-2H3,(H,15,17,18). The fourth-order valence-electron chi connectivity index (χ4n) is 2.03. The summed E-state index contributed by atoms with van der Waals surface area (Å²) < 4.78 is 11.4. The largest absolute Gasteiger partial charge is 0.482 e. The van der Waals surface area contributed by atoms with Gasteiger partial charge >= 0.3 is 0 Å². The van der Waals surface area contributed by atoms with Crippen molar-refractivity contribution >= 4 is 22.4 Å². The Hall–Kier alpha value is -2.15. The third kappa shape index (κ3) is 2.82. The third-order valence-corrected chi connectivity index (χ3v) is 4.08. The van der Waals surface area contributed by atoms with Crippen molar-refractivity contribution in [2.45, 2.75) is 32.5 Å². The van der Waals surface area contributed by atoms with Crippen LogP contribution in [0.1, 0.15) is 18.9 Å². The molecule has 21 heavy (non-hydrogen) atoms. The maximum absolute atomic E-state index is 12.3. The maximum Gasteiger partial charge on any atom is 0.271 e. The number of carbonyl (C=O) groups is 1. The molecule has 7 heteroatoms. The van der Waals surface area contributed by atoms with E-state index in [0.717, 1.165) is 11.4 Å². The fraction of sp³-hybridized carbons (Fsp3) is 0.357. The van der Waals surface area contributed by atoms with Crippen LogP contribution >= 0.6 is 11.3 Å². The van der Waals surface area contributed by atoms with Gasteiger partial charge in [-0.1, -0.05) is 30.4 Å². The van der Waals surface area contributed by atoms with E-state index >= 15 is 0 Å². The number of hydrogen-bond acceptors (Lipinski definition) is 6. The predicted molar refractivity (Wildman–Crippen MR) is 78.9 cm³/mol. The van der Waals surface area contributed by atoms with E-state index in [-0.39, 0.29) is 12.0 Å². The van der Waals surface area contributed by atoms with Crippen LogP contribution in [0.5, 0.6) is 11.5 Å². The highest BCUT2D eigenvalue weighted by atomic mass is 32.1. The molecule has 2 atom stereocenters. The maximum atomic E-state index is 12.3. The average molecular weight is 305 g/mol. The Morgan fingerprint density at radius 1 is 1.29 bits per heavy atom. The lowest BCUT2D eigenvalue weighted by Gasteiger charge is -2.30. The van der Waals surface area contributed by atoms with Gasteiger partial charge in [0.25, 0.3) is 5.91 Å². The first-order valence-corrected chi connectivity index (χ1v) is 7.54. The van der Waals surface area contributed by atoms with Gasteiger partial charge in [-0.3, -0.25) is 10.1 Å². The Morgan fingerprint density at radius 3 is 2.67 bits per heavy atom. The van der Waals surface area contributed by atoms with Crippen LogP contribution in [0.4, 0.5) is 5.13 Å². The van der Waals surface area contributed by atoms with Gasteiger partial charge < -0.3 is 9.47 Å². The molecule has 0 radical (unpaired) electrons. The van der Waals surface area contributed by atoms with E-state index in [1.807, 2.05) is 25.1 Å². The summed E-state index contributed by atoms with van der Waals surface area (Å²) in [5.74, 6) is 0.941. The molecular weight excluding hydrogens is 290 g/mol. The van der Waals surface area contributed by atoms with Crippen LogP contribution in [0.3, 0.4) is 0 Å². The zero-order valence-corrected chi connectivity index (χ0v) is 12.5. The van der Waals surface area contributed by atoms with Crippen LogP contribution in [-0.2, 0) is 11.2 Å². The first-order valence-electron chi connectivity index (χ1n) is 6.73. The van der Waals surface area contributed by atoms with Gasteiger partial charge in [0, 0.05) is 0 Å². The number of para-hydroxylation sites is 2. The molecule has 2 heterocycles. The topological polar surface area (TPSA) is 73.3 Å². The van der Waals surface area contributed by atoms with Gasteiger partial charge in [0.15, 0.2) is 11.5 Å². The van der Waals surface area contributed by atoms with Crippen molar-refractivity contribution < 1.29 is 14.3 Å². The summed E-state index contributed by atoms with van der Waals surface area (Å²) in [6.45, 7) is 3.79. The highest BCUT2D eigenvalue weighted by molar-refractivity contribution is 7.15. The highest BCUT2D eigenvalue weighted by Gasteiger charge is 2.34. The number of carbonyl (C=O) groups excluding carboxylic acids is 1. The summed E-state index contributed by atoms with van der Waals surface area (Å²) in [7, 11) is 0. The molecule has 2 aromatic rings. The normalized spacial score (nSPS) is 20.1. The number of rotatable bonds is 3. The van der Waals surface area contributed by atoms with Crippen LogP contribution in [0.15, 0.2) is 24.3 Å². The molecule has 6 nitrogen and oxygen atoms in total. The smallest absolute Gasteiger partial charge is 0.271 e. The minimum Gasteiger partial charge on any atom is -0.482 e. The van der Waals surface area contributed by atoms with E-state index < -0.39 is 6.10 Å². The number of fused-ring (bicyclic) bond motifs is 1. The molecule has 0 saturated carbocycles. The second kappa shape index (κ2) is 5.69. The number of anilines is 1. The molecule has 0 bridgehead atoms. The molecule has 1 aromatic heterocycles. The Morgan fingerprint density at radius 2 is 2.00 bits per heavy atom. The van der Waals surface area contributed by atoms with Gasteiger partial charge in [-0.05, 0) is 25.5 Å². The SMILES string of the molecule is CCc1nnc(NC(=O)C2Oc3ccccc3OC2C)s1. The lowest BCUT2D eigenvalue weighted by molar-refractivity contribution is -0.128. The van der Waals surface area contributed by atoms with Crippen molar-refractivity contribution in [1.29, 1.82) is 0 Å². The Labute approximate surface area is 126 Å². The predicted octanol–water partition coefficient (Wildman–Crippen LogP) is 2.27. The highest BCUT2D eigenvalue weighted by Crippen LogP contribution is 2.33. The van der Waals surface area contributed by atoms with Crippen LogP contribution in [0.2, 0.25) is 0 Å². The molecular formula is C14H15N3O3S. The van der Waals surface area contributed by atoms with Crippen LogP contribution < -0.4 is 14.8 Å². The minimum absolute atomic E-state index is 0.282. The molecule has 110 valence electrons. The lowest BCUT2D eigenvalue weighted by Crippen LogP contribution is -2.46. The zero-order valence-electron chi connectivity index (χ0n) is 11.7. The molecule has 1 aromatic carbocycles. The quantitative estimate of drug-likeness (QED) is 0.941. The number of aromatic nitrogens is 2. The van der Waals surface area contributed by atoms with Gasteiger partial charge in [0.2, 0.25) is 11.2 Å². The zero-order chi connectivity index (χ0) is 14.8. The molecule has 0 saturated heterocycles. The first kappa shape index (κ1) is 13.8. The van der Waals surface area contributed by atoms with Crippen molar-refractivity contribution in [2.75, 3.05) is 5.32 Å². The van der Waals surface area contributed by atoms with Gasteiger partial charge in [0.1, 0.15) is 11.1 Å². The molecule has 0 aliphatic carbocycles. The Balaban J connectivity index is 1.73. The molecule has 1 N–H and O–H groups in total. The molecule has 1 aliphatic rings. The van der Waals surface area contributed by atoms with E-state index in [1.165, 1.54) is 11.3 Å². The summed E-state index contributed by atoms with van der Waals surface area (Å²) in [5, 5.41) is 12.0. The summed E-state index contributed by atoms with van der Waals surface area (Å²) in [5.41, 5.74) is 0. The average Bonchev–Trinajstić information content (AvgIpc) is 2.94. The van der Waals surface area contributed by atoms with Crippen LogP contribution in [-0.4, -0.2) is 28.3 Å². The molecule has 0 fully saturated rings. The number of nitrogens with zero attached hydrogens (tertiary/aromatic N) is 2. The fourth-order valence-corrected chi connectivity index (χ4v) is 2.71. The lowest BCUT2D eigenvalue weighted by atomic mass is 10.1. The Kier molecular flexibility index (Phi) is 3.74. The van der Waals surface area contributed by atoms with Gasteiger partial charge in [-0.2, -0.15) is 0 Å². The molecule has 2 unspecified atom stereocenters. The van der Waals surface area contributed by atoms with E-state index in [0.29, 0.717) is 16.6 Å². The minimum atomic E-state index is -0.714. The number of nitrogens with one attached hydrogen (secondary N) is 1. The summed E-state index contributed by atoms with van der Waals surface area (Å²) in [6.07, 6.45) is -0.298. The van der Waals surface area contributed by atoms with Crippen molar-refractivity contribution in [3.8, 4) is 11.5 Å². The molecule has 3 rings (SSSR count). The number of benzene rings is 1. The van der Waals surface area contributed by atoms with Gasteiger partial charge in [0.05, 0.1) is 0 Å². The first-order chi connectivity index (χ1) is 10.2. The van der Waals surface area contributed by atoms with Crippen molar-refractivity contribution in [3.63, 3.8) is 0 Å². The second-order valence-electron chi connectivity index (χ2n) is 4.65. The van der Waals surface area contributed by atoms with Gasteiger partial charge in [-0.25, -0.2) is 0 Å². The number of aryl methyl sites for hydroxylation is 1. The van der Waals surface area contributed by atoms with E-state index in [1.54, 1.807) is 13.0 Å². The van der Waals surface area contributed by atoms with Gasteiger partial charge in [-0.15, -0.1) is 10.2 Å². The monoisotopic (exact) mass is 305 g/mol. The van der Waals surface area contributed by atoms with Crippen LogP contribution in [0, 0.1) is 0 Å². The van der Waals surface area contributed by atoms with Crippen molar-refractivity contribution in [2.24, 2.45) is 0 Å². The van der Waals surface area contributed by atoms with Crippen molar-refractivity contribution in [1.82, 2.24) is 10.2 Å². The summed E-state index contributed by atoms with van der Waals surface area (Å²) in [6, 6.07) is 7.30. The molecule has 0 spiro atoms. The molecule has 1 amide bonds. The summed E-state index contributed by atoms with van der Waals surface area (Å²) in [4.78, 5) is 12.3. The second-order valence-corrected chi connectivity index (χ2v) is 5.71. The van der Waals surface area contributed by atoms with E-state index in [4.69, 9.17) is 9.47 Å². The van der Waals surface area contributed by atoms with Crippen molar-refractivity contribution in [3.05, 3.63) is 29.3 Å². The third-order valence-electron chi connectivity index (χ3n) is 3.10. The molecule has 1 aliphatic heterocycles. The summed E-state index contributed by atoms with van der Waals surface area (Å²) >= 11 is 1.36. The number of amides is 1. The number of ether oxygens (including phenoxy) is 2. The number of hydrogen-bond donors (Lipinski definition) is 1. The van der Waals surface area contributed by atoms with E-state index in [9.17, 15) is 4.79 Å². The van der Waals surface area contributed by atoms with Crippen LogP contribution in [0.25, 0.3) is 0 Å². The Bertz CT molecular complexity index is 658.